The summed E-state index contributed by atoms with van der Waals surface area (Å²) in [6.07, 6.45) is 61.5. The van der Waals surface area contributed by atoms with Crippen molar-refractivity contribution >= 4 is 19.8 Å². The maximum Gasteiger partial charge on any atom is 0.472 e. The van der Waals surface area contributed by atoms with Crippen molar-refractivity contribution in [2.75, 3.05) is 26.4 Å². The Morgan fingerprint density at radius 3 is 1.23 bits per heavy atom. The highest BCUT2D eigenvalue weighted by molar-refractivity contribution is 7.47. The van der Waals surface area contributed by atoms with Crippen molar-refractivity contribution < 1.29 is 37.6 Å². The van der Waals surface area contributed by atoms with Crippen molar-refractivity contribution in [3.8, 4) is 0 Å². The molecule has 0 aromatic carbocycles. The number of rotatable bonds is 51. The summed E-state index contributed by atoms with van der Waals surface area (Å²) in [6.45, 7) is 3.72. The fourth-order valence-corrected chi connectivity index (χ4v) is 8.40. The van der Waals surface area contributed by atoms with Gasteiger partial charge in [-0.2, -0.15) is 0 Å². The average Bonchev–Trinajstić information content (AvgIpc) is 3.30. The van der Waals surface area contributed by atoms with E-state index in [1.807, 2.05) is 0 Å². The van der Waals surface area contributed by atoms with Crippen LogP contribution in [0.1, 0.15) is 258 Å². The number of unbranched alkanes of at least 4 members (excludes halogenated alkanes) is 30. The number of carbonyl (C=O) groups is 2. The molecule has 65 heavy (non-hydrogen) atoms. The van der Waals surface area contributed by atoms with Gasteiger partial charge in [0.1, 0.15) is 6.61 Å². The quantitative estimate of drug-likeness (QED) is 0.0265. The zero-order valence-corrected chi connectivity index (χ0v) is 43.1. The van der Waals surface area contributed by atoms with Crippen LogP contribution in [0.25, 0.3) is 0 Å². The molecule has 0 heterocycles. The van der Waals surface area contributed by atoms with Crippen LogP contribution in [0, 0.1) is 0 Å². The van der Waals surface area contributed by atoms with Crippen molar-refractivity contribution in [2.24, 2.45) is 5.73 Å². The molecule has 0 amide bonds. The van der Waals surface area contributed by atoms with E-state index in [0.29, 0.717) is 6.42 Å². The second-order valence-corrected chi connectivity index (χ2v) is 19.5. The number of ether oxygens (including phenoxy) is 2. The fourth-order valence-electron chi connectivity index (χ4n) is 7.64. The van der Waals surface area contributed by atoms with Crippen LogP contribution in [0.5, 0.6) is 0 Å². The topological polar surface area (TPSA) is 134 Å². The minimum Gasteiger partial charge on any atom is -0.462 e. The summed E-state index contributed by atoms with van der Waals surface area (Å²) in [7, 11) is -4.39. The molecule has 0 fully saturated rings. The van der Waals surface area contributed by atoms with Crippen LogP contribution >= 0.6 is 7.82 Å². The smallest absolute Gasteiger partial charge is 0.462 e. The summed E-state index contributed by atoms with van der Waals surface area (Å²) in [5.41, 5.74) is 5.37. The maximum absolute atomic E-state index is 12.7. The number of esters is 2. The molecule has 3 N–H and O–H groups in total. The molecule has 0 bridgehead atoms. The number of phosphoric ester groups is 1. The number of hydrogen-bond donors (Lipinski definition) is 2. The minimum atomic E-state index is -4.39. The first-order valence-corrected chi connectivity index (χ1v) is 28.6. The molecule has 0 aromatic heterocycles. The molecule has 0 saturated carbocycles. The Bertz CT molecular complexity index is 1200. The summed E-state index contributed by atoms with van der Waals surface area (Å²) < 4.78 is 33.0. The molecule has 2 unspecified atom stereocenters. The Morgan fingerprint density at radius 1 is 0.462 bits per heavy atom. The Hall–Kier alpha value is -2.03. The molecule has 0 aliphatic rings. The van der Waals surface area contributed by atoms with Gasteiger partial charge in [0.25, 0.3) is 0 Å². The molecular weight excluding hydrogens is 834 g/mol. The second kappa shape index (κ2) is 51.4. The first-order chi connectivity index (χ1) is 31.8. The van der Waals surface area contributed by atoms with Crippen LogP contribution in [0.4, 0.5) is 0 Å². The van der Waals surface area contributed by atoms with Crippen LogP contribution in [0.3, 0.4) is 0 Å². The van der Waals surface area contributed by atoms with Crippen molar-refractivity contribution in [3.05, 3.63) is 48.6 Å². The first kappa shape index (κ1) is 63.0. The number of allylic oxidation sites excluding steroid dienone is 8. The van der Waals surface area contributed by atoms with Gasteiger partial charge in [-0.05, 0) is 77.0 Å². The predicted molar refractivity (Wildman–Crippen MR) is 275 cm³/mol. The zero-order chi connectivity index (χ0) is 47.4. The van der Waals surface area contributed by atoms with E-state index in [1.165, 1.54) is 154 Å². The molecule has 380 valence electrons. The lowest BCUT2D eigenvalue weighted by molar-refractivity contribution is -0.161. The second-order valence-electron chi connectivity index (χ2n) is 18.1. The molecule has 2 atom stereocenters. The molecule has 0 aromatic rings. The van der Waals surface area contributed by atoms with E-state index in [0.717, 1.165) is 70.6 Å². The number of carbonyl (C=O) groups excluding carboxylic acids is 2. The van der Waals surface area contributed by atoms with Crippen LogP contribution in [0.2, 0.25) is 0 Å². The van der Waals surface area contributed by atoms with Gasteiger partial charge in [0.05, 0.1) is 13.2 Å². The van der Waals surface area contributed by atoms with Gasteiger partial charge in [0.2, 0.25) is 0 Å². The van der Waals surface area contributed by atoms with E-state index >= 15 is 0 Å². The molecule has 0 aliphatic carbocycles. The monoisotopic (exact) mass is 936 g/mol. The van der Waals surface area contributed by atoms with E-state index in [1.54, 1.807) is 0 Å². The summed E-state index contributed by atoms with van der Waals surface area (Å²) in [5, 5.41) is 0. The molecular formula is C55H102NO8P. The molecule has 0 spiro atoms. The Morgan fingerprint density at radius 2 is 0.800 bits per heavy atom. The average molecular weight is 936 g/mol. The van der Waals surface area contributed by atoms with Crippen LogP contribution in [-0.4, -0.2) is 49.3 Å². The van der Waals surface area contributed by atoms with Crippen molar-refractivity contribution in [1.82, 2.24) is 0 Å². The third-order valence-corrected chi connectivity index (χ3v) is 12.7. The van der Waals surface area contributed by atoms with Crippen LogP contribution in [0.15, 0.2) is 48.6 Å². The molecule has 9 nitrogen and oxygen atoms in total. The van der Waals surface area contributed by atoms with Gasteiger partial charge in [-0.25, -0.2) is 4.57 Å². The van der Waals surface area contributed by atoms with Crippen molar-refractivity contribution in [1.29, 1.82) is 0 Å². The summed E-state index contributed by atoms with van der Waals surface area (Å²) in [4.78, 5) is 35.1. The fraction of sp³-hybridized carbons (Fsp3) is 0.818. The molecule has 10 heteroatoms. The van der Waals surface area contributed by atoms with E-state index in [2.05, 4.69) is 62.5 Å². The van der Waals surface area contributed by atoms with Gasteiger partial charge < -0.3 is 20.1 Å². The molecule has 0 rings (SSSR count). The molecule has 0 radical (unpaired) electrons. The van der Waals surface area contributed by atoms with Gasteiger partial charge in [0.15, 0.2) is 6.10 Å². The third kappa shape index (κ3) is 51.2. The number of phosphoric acid groups is 1. The van der Waals surface area contributed by atoms with Crippen LogP contribution < -0.4 is 5.73 Å². The normalized spacial score (nSPS) is 13.5. The highest BCUT2D eigenvalue weighted by Crippen LogP contribution is 2.43. The Balaban J connectivity index is 4.00. The lowest BCUT2D eigenvalue weighted by Crippen LogP contribution is -2.29. The number of nitrogens with two attached hydrogens (primary N) is 1. The highest BCUT2D eigenvalue weighted by Gasteiger charge is 2.26. The number of hydrogen-bond acceptors (Lipinski definition) is 8. The lowest BCUT2D eigenvalue weighted by atomic mass is 10.0. The van der Waals surface area contributed by atoms with Crippen LogP contribution in [-0.2, 0) is 32.7 Å². The van der Waals surface area contributed by atoms with Crippen molar-refractivity contribution in [3.63, 3.8) is 0 Å². The molecule has 0 saturated heterocycles. The molecule has 0 aliphatic heterocycles. The minimum absolute atomic E-state index is 0.0504. The maximum atomic E-state index is 12.7. The first-order valence-electron chi connectivity index (χ1n) is 27.1. The van der Waals surface area contributed by atoms with Gasteiger partial charge in [-0.1, -0.05) is 217 Å². The van der Waals surface area contributed by atoms with Gasteiger partial charge in [-0.15, -0.1) is 0 Å². The standard InChI is InChI=1S/C55H102NO8P/c1-3-5-7-9-11-13-15-17-19-21-23-24-25-26-27-28-30-31-33-35-37-39-41-43-45-47-54(57)61-51-53(52-63-65(59,60)62-50-49-56)64-55(58)48-46-44-42-40-38-36-34-32-29-22-20-18-16-14-12-10-8-6-4-2/h12,14,18,20-21,23,29,32,53H,3-11,13,15-17,19,22,24-28,30-31,33-52,56H2,1-2H3,(H,59,60)/b14-12-,20-18-,23-21-,32-29-. The van der Waals surface area contributed by atoms with Gasteiger partial charge >= 0.3 is 19.8 Å². The van der Waals surface area contributed by atoms with E-state index in [9.17, 15) is 19.0 Å². The van der Waals surface area contributed by atoms with Gasteiger partial charge in [-0.3, -0.25) is 18.6 Å². The summed E-state index contributed by atoms with van der Waals surface area (Å²) >= 11 is 0. The van der Waals surface area contributed by atoms with E-state index in [-0.39, 0.29) is 38.6 Å². The van der Waals surface area contributed by atoms with Gasteiger partial charge in [0, 0.05) is 19.4 Å². The summed E-state index contributed by atoms with van der Waals surface area (Å²) in [6, 6.07) is 0. The highest BCUT2D eigenvalue weighted by atomic mass is 31.2. The zero-order valence-electron chi connectivity index (χ0n) is 42.2. The predicted octanol–water partition coefficient (Wildman–Crippen LogP) is 16.6. The Kier molecular flexibility index (Phi) is 49.8. The summed E-state index contributed by atoms with van der Waals surface area (Å²) in [5.74, 6) is -0.836. The largest absolute Gasteiger partial charge is 0.472 e. The van der Waals surface area contributed by atoms with E-state index in [4.69, 9.17) is 24.3 Å². The SMILES string of the molecule is CCCCC/C=C\C/C=C\C/C=C\CCCCCCCCC(=O)OC(COC(=O)CCCCCCCCCCCCCCC/C=C\CCCCCCCCCC)COP(=O)(O)OCCN. The Labute approximate surface area is 400 Å². The third-order valence-electron chi connectivity index (χ3n) is 11.7. The lowest BCUT2D eigenvalue weighted by Gasteiger charge is -2.19. The van der Waals surface area contributed by atoms with E-state index < -0.39 is 26.5 Å². The van der Waals surface area contributed by atoms with Crippen molar-refractivity contribution in [2.45, 2.75) is 264 Å².